The summed E-state index contributed by atoms with van der Waals surface area (Å²) >= 11 is 0. The molecule has 0 radical (unpaired) electrons. The van der Waals surface area contributed by atoms with Gasteiger partial charge in [-0.1, -0.05) is 0 Å². The number of hydrogen-bond donors (Lipinski definition) is 2. The first-order valence-electron chi connectivity index (χ1n) is 9.50. The van der Waals surface area contributed by atoms with Crippen molar-refractivity contribution in [3.8, 4) is 11.5 Å². The van der Waals surface area contributed by atoms with Gasteiger partial charge in [-0.15, -0.1) is 0 Å². The van der Waals surface area contributed by atoms with Crippen LogP contribution in [0.15, 0.2) is 30.3 Å². The SMILES string of the molecule is CCOc1cc2c(cc1OCC)C[NH+](CC(=O)Nc1ccc(F)cc1F)CC2. The molecule has 0 bridgehead atoms. The zero-order valence-corrected chi connectivity index (χ0v) is 16.1. The Morgan fingerprint density at radius 2 is 1.75 bits per heavy atom. The monoisotopic (exact) mass is 391 g/mol. The molecule has 0 aromatic heterocycles. The highest BCUT2D eigenvalue weighted by molar-refractivity contribution is 5.91. The predicted molar refractivity (Wildman–Crippen MR) is 102 cm³/mol. The quantitative estimate of drug-likeness (QED) is 0.762. The Morgan fingerprint density at radius 1 is 1.07 bits per heavy atom. The van der Waals surface area contributed by atoms with E-state index in [0.29, 0.717) is 25.5 Å². The standard InChI is InChI=1S/C21H24F2N2O3/c1-3-27-19-9-14-7-8-25(12-15(14)10-20(19)28-4-2)13-21(26)24-18-6-5-16(22)11-17(18)23/h5-6,9-11H,3-4,7-8,12-13H2,1-2H3,(H,24,26)/p+1. The third-order valence-corrected chi connectivity index (χ3v) is 4.67. The van der Waals surface area contributed by atoms with Crippen LogP contribution in [0.1, 0.15) is 25.0 Å². The number of rotatable bonds is 7. The predicted octanol–water partition coefficient (Wildman–Crippen LogP) is 2.34. The minimum atomic E-state index is -0.780. The fraction of sp³-hybridized carbons (Fsp3) is 0.381. The Bertz CT molecular complexity index is 858. The normalized spacial score (nSPS) is 15.6. The van der Waals surface area contributed by atoms with E-state index < -0.39 is 11.6 Å². The maximum Gasteiger partial charge on any atom is 0.279 e. The van der Waals surface area contributed by atoms with Crippen molar-refractivity contribution in [1.29, 1.82) is 0 Å². The van der Waals surface area contributed by atoms with E-state index in [0.717, 1.165) is 41.3 Å². The second kappa shape index (κ2) is 9.01. The van der Waals surface area contributed by atoms with Crippen LogP contribution in [0.25, 0.3) is 0 Å². The first-order valence-corrected chi connectivity index (χ1v) is 9.50. The molecule has 0 spiro atoms. The fourth-order valence-electron chi connectivity index (χ4n) is 3.41. The fourth-order valence-corrected chi connectivity index (χ4v) is 3.41. The number of quaternary nitrogens is 1. The van der Waals surface area contributed by atoms with Gasteiger partial charge in [0, 0.05) is 18.1 Å². The van der Waals surface area contributed by atoms with Crippen LogP contribution in [0.3, 0.4) is 0 Å². The highest BCUT2D eigenvalue weighted by atomic mass is 19.1. The number of fused-ring (bicyclic) bond motifs is 1. The molecule has 0 fully saturated rings. The number of carbonyl (C=O) groups is 1. The molecule has 3 rings (SSSR count). The van der Waals surface area contributed by atoms with Crippen molar-refractivity contribution in [3.63, 3.8) is 0 Å². The molecule has 2 N–H and O–H groups in total. The molecular weight excluding hydrogens is 366 g/mol. The molecule has 1 unspecified atom stereocenters. The van der Waals surface area contributed by atoms with E-state index in [4.69, 9.17) is 9.47 Å². The Kier molecular flexibility index (Phi) is 6.46. The number of benzene rings is 2. The number of hydrogen-bond acceptors (Lipinski definition) is 3. The molecule has 0 saturated heterocycles. The molecule has 1 amide bonds. The average molecular weight is 391 g/mol. The lowest BCUT2D eigenvalue weighted by atomic mass is 9.98. The third kappa shape index (κ3) is 4.78. The van der Waals surface area contributed by atoms with E-state index in [-0.39, 0.29) is 18.1 Å². The van der Waals surface area contributed by atoms with Gasteiger partial charge in [0.15, 0.2) is 18.0 Å². The lowest BCUT2D eigenvalue weighted by Gasteiger charge is -2.26. The minimum Gasteiger partial charge on any atom is -0.490 e. The highest BCUT2D eigenvalue weighted by Crippen LogP contribution is 2.32. The Hall–Kier alpha value is -2.67. The summed E-state index contributed by atoms with van der Waals surface area (Å²) in [5.74, 6) is -0.305. The summed E-state index contributed by atoms with van der Waals surface area (Å²) in [7, 11) is 0. The minimum absolute atomic E-state index is 0.0109. The van der Waals surface area contributed by atoms with Crippen LogP contribution in [0, 0.1) is 11.6 Å². The first-order chi connectivity index (χ1) is 13.5. The smallest absolute Gasteiger partial charge is 0.279 e. The molecule has 2 aromatic rings. The van der Waals surface area contributed by atoms with Gasteiger partial charge in [0.1, 0.15) is 18.2 Å². The summed E-state index contributed by atoms with van der Waals surface area (Å²) in [6, 6.07) is 7.11. The molecule has 1 heterocycles. The average Bonchev–Trinajstić information content (AvgIpc) is 2.65. The molecule has 7 heteroatoms. The van der Waals surface area contributed by atoms with Crippen LogP contribution < -0.4 is 19.7 Å². The van der Waals surface area contributed by atoms with Crippen LogP contribution in [0.4, 0.5) is 14.5 Å². The summed E-state index contributed by atoms with van der Waals surface area (Å²) in [4.78, 5) is 13.4. The Balaban J connectivity index is 1.67. The summed E-state index contributed by atoms with van der Waals surface area (Å²) in [6.07, 6.45) is 0.815. The van der Waals surface area contributed by atoms with Gasteiger partial charge >= 0.3 is 0 Å². The Labute approximate surface area is 163 Å². The van der Waals surface area contributed by atoms with Crippen molar-refractivity contribution in [3.05, 3.63) is 53.1 Å². The van der Waals surface area contributed by atoms with Crippen LogP contribution >= 0.6 is 0 Å². The molecular formula is C21H25F2N2O3+. The molecule has 0 aliphatic carbocycles. The van der Waals surface area contributed by atoms with Gasteiger partial charge in [-0.05, 0) is 43.7 Å². The number of ether oxygens (including phenoxy) is 2. The van der Waals surface area contributed by atoms with Crippen LogP contribution in [0.5, 0.6) is 11.5 Å². The zero-order valence-electron chi connectivity index (χ0n) is 16.1. The van der Waals surface area contributed by atoms with Crippen molar-refractivity contribution in [2.24, 2.45) is 0 Å². The number of anilines is 1. The van der Waals surface area contributed by atoms with Gasteiger partial charge in [0.2, 0.25) is 0 Å². The van der Waals surface area contributed by atoms with E-state index in [9.17, 15) is 13.6 Å². The summed E-state index contributed by atoms with van der Waals surface area (Å²) in [5.41, 5.74) is 2.30. The molecule has 1 aliphatic rings. The van der Waals surface area contributed by atoms with Crippen molar-refractivity contribution in [2.75, 3.05) is 31.6 Å². The van der Waals surface area contributed by atoms with Crippen molar-refractivity contribution < 1.29 is 27.9 Å². The third-order valence-electron chi connectivity index (χ3n) is 4.67. The number of carbonyl (C=O) groups excluding carboxylic acids is 1. The number of amides is 1. The van der Waals surface area contributed by atoms with Crippen molar-refractivity contribution in [1.82, 2.24) is 0 Å². The Morgan fingerprint density at radius 3 is 2.39 bits per heavy atom. The number of nitrogens with one attached hydrogen (secondary N) is 2. The zero-order chi connectivity index (χ0) is 20.1. The lowest BCUT2D eigenvalue weighted by molar-refractivity contribution is -0.907. The first kappa shape index (κ1) is 20.1. The number of halogens is 2. The molecule has 1 aliphatic heterocycles. The second-order valence-electron chi connectivity index (χ2n) is 6.71. The summed E-state index contributed by atoms with van der Waals surface area (Å²) in [6.45, 7) is 6.62. The van der Waals surface area contributed by atoms with Crippen LogP contribution in [-0.4, -0.2) is 32.2 Å². The lowest BCUT2D eigenvalue weighted by Crippen LogP contribution is -3.12. The van der Waals surface area contributed by atoms with Gasteiger partial charge in [0.05, 0.1) is 25.4 Å². The molecule has 150 valence electrons. The van der Waals surface area contributed by atoms with E-state index in [1.165, 1.54) is 11.6 Å². The van der Waals surface area contributed by atoms with Crippen molar-refractivity contribution >= 4 is 11.6 Å². The van der Waals surface area contributed by atoms with E-state index in [1.54, 1.807) is 0 Å². The van der Waals surface area contributed by atoms with Crippen LogP contribution in [-0.2, 0) is 17.8 Å². The topological polar surface area (TPSA) is 52.0 Å². The maximum absolute atomic E-state index is 13.7. The van der Waals surface area contributed by atoms with Gasteiger partial charge in [-0.25, -0.2) is 8.78 Å². The van der Waals surface area contributed by atoms with Crippen molar-refractivity contribution in [2.45, 2.75) is 26.8 Å². The van der Waals surface area contributed by atoms with Gasteiger partial charge in [-0.3, -0.25) is 4.79 Å². The molecule has 0 saturated carbocycles. The van der Waals surface area contributed by atoms with E-state index >= 15 is 0 Å². The van der Waals surface area contributed by atoms with Gasteiger partial charge in [0.25, 0.3) is 5.91 Å². The van der Waals surface area contributed by atoms with E-state index in [1.807, 2.05) is 26.0 Å². The second-order valence-corrected chi connectivity index (χ2v) is 6.71. The summed E-state index contributed by atoms with van der Waals surface area (Å²) < 4.78 is 38.1. The van der Waals surface area contributed by atoms with Gasteiger partial charge < -0.3 is 19.7 Å². The van der Waals surface area contributed by atoms with Crippen LogP contribution in [0.2, 0.25) is 0 Å². The van der Waals surface area contributed by atoms with Gasteiger partial charge in [-0.2, -0.15) is 0 Å². The largest absolute Gasteiger partial charge is 0.490 e. The summed E-state index contributed by atoms with van der Waals surface area (Å²) in [5, 5.41) is 2.52. The molecule has 5 nitrogen and oxygen atoms in total. The molecule has 1 atom stereocenters. The maximum atomic E-state index is 13.7. The molecule has 28 heavy (non-hydrogen) atoms. The molecule has 2 aromatic carbocycles. The van der Waals surface area contributed by atoms with E-state index in [2.05, 4.69) is 5.32 Å². The highest BCUT2D eigenvalue weighted by Gasteiger charge is 2.24.